The molecule has 0 saturated carbocycles. The molecule has 2 aliphatic heterocycles. The summed E-state index contributed by atoms with van der Waals surface area (Å²) in [5.74, 6) is -2.14. The van der Waals surface area contributed by atoms with Crippen molar-refractivity contribution in [2.75, 3.05) is 30.4 Å². The number of ether oxygens (including phenoxy) is 3. The van der Waals surface area contributed by atoms with Gasteiger partial charge in [0.15, 0.2) is 16.9 Å². The number of para-hydroxylation sites is 2. The topological polar surface area (TPSA) is 176 Å². The van der Waals surface area contributed by atoms with Gasteiger partial charge in [-0.15, -0.1) is 11.3 Å². The lowest BCUT2D eigenvalue weighted by Gasteiger charge is -2.29. The van der Waals surface area contributed by atoms with Crippen molar-refractivity contribution in [3.8, 4) is 16.7 Å². The second-order valence-corrected chi connectivity index (χ2v) is 13.4. The van der Waals surface area contributed by atoms with Crippen LogP contribution in [0.2, 0.25) is 0 Å². The summed E-state index contributed by atoms with van der Waals surface area (Å²) in [6.45, 7) is 3.88. The number of carbonyl (C=O) groups is 2. The van der Waals surface area contributed by atoms with E-state index in [2.05, 4.69) is 20.6 Å². The number of carbonyl (C=O) groups excluding carboxylic acids is 2. The fraction of sp³-hybridized carbons (Fsp3) is 0.235. The third-order valence-electron chi connectivity index (χ3n) is 8.70. The van der Waals surface area contributed by atoms with Crippen LogP contribution < -0.4 is 26.5 Å². The number of pyridine rings is 2. The molecule has 16 heteroatoms. The first-order valence-corrected chi connectivity index (χ1v) is 17.5. The van der Waals surface area contributed by atoms with Crippen molar-refractivity contribution in [2.24, 2.45) is 0 Å². The zero-order valence-electron chi connectivity index (χ0n) is 26.6. The zero-order valence-corrected chi connectivity index (χ0v) is 28.2. The molecule has 0 saturated heterocycles. The maximum absolute atomic E-state index is 14.3. The molecule has 2 aliphatic rings. The van der Waals surface area contributed by atoms with E-state index in [1.54, 1.807) is 60.6 Å². The first-order chi connectivity index (χ1) is 24.3. The van der Waals surface area contributed by atoms with Crippen LogP contribution in [0.1, 0.15) is 56.4 Å². The van der Waals surface area contributed by atoms with Crippen molar-refractivity contribution >= 4 is 67.8 Å². The van der Waals surface area contributed by atoms with Crippen molar-refractivity contribution in [3.63, 3.8) is 0 Å². The number of nitrogens with one attached hydrogen (secondary N) is 2. The Morgan fingerprint density at radius 3 is 2.42 bits per heavy atom. The minimum Gasteiger partial charge on any atom is -0.506 e. The SMILES string of the molecule is CCOC(=O)c1c(O)c2cccc3c2n(c1=O)CC(c1cnc(Oc2c(C(=O)OCC)c(=O)n4c5c(cccc25)NCC4c2cncs2)s1)N3. The first-order valence-electron chi connectivity index (χ1n) is 15.8. The van der Waals surface area contributed by atoms with E-state index in [0.717, 1.165) is 4.88 Å². The fourth-order valence-corrected chi connectivity index (χ4v) is 8.13. The Morgan fingerprint density at radius 2 is 1.68 bits per heavy atom. The van der Waals surface area contributed by atoms with Crippen LogP contribution in [0.5, 0.6) is 16.7 Å². The molecule has 6 heterocycles. The van der Waals surface area contributed by atoms with Gasteiger partial charge in [-0.2, -0.15) is 0 Å². The van der Waals surface area contributed by atoms with Crippen LogP contribution in [-0.2, 0) is 16.0 Å². The van der Waals surface area contributed by atoms with E-state index in [0.29, 0.717) is 44.6 Å². The van der Waals surface area contributed by atoms with Gasteiger partial charge in [0.2, 0.25) is 0 Å². The van der Waals surface area contributed by atoms with Gasteiger partial charge in [-0.05, 0) is 38.1 Å². The number of aromatic nitrogens is 4. The molecule has 0 amide bonds. The molecule has 14 nitrogen and oxygen atoms in total. The maximum Gasteiger partial charge on any atom is 0.347 e. The highest BCUT2D eigenvalue weighted by atomic mass is 32.1. The van der Waals surface area contributed by atoms with Crippen LogP contribution in [-0.4, -0.2) is 55.9 Å². The molecule has 2 unspecified atom stereocenters. The predicted molar refractivity (Wildman–Crippen MR) is 187 cm³/mol. The average Bonchev–Trinajstić information content (AvgIpc) is 3.82. The Hall–Kier alpha value is -5.74. The van der Waals surface area contributed by atoms with E-state index in [1.807, 2.05) is 12.1 Å². The first kappa shape index (κ1) is 31.5. The van der Waals surface area contributed by atoms with Gasteiger partial charge in [0, 0.05) is 34.6 Å². The standard InChI is InChI=1S/C34H28N6O8S2/c1-3-46-32(44)24-28(41)16-7-5-10-19-26(16)39(30(24)42)14-20(38-19)22-13-37-34(50-22)48-29-17-8-6-9-18-27(17)40(31(43)25(29)33(45)47-4-2)21(11-36-18)23-12-35-15-49-23/h5-10,12-13,15,20-21,36,38,41H,3-4,11,14H2,1-2H3. The summed E-state index contributed by atoms with van der Waals surface area (Å²) >= 11 is 2.58. The number of esters is 2. The molecule has 0 spiro atoms. The molecular formula is C34H28N6O8S2. The minimum atomic E-state index is -0.905. The maximum atomic E-state index is 14.3. The number of benzene rings is 2. The van der Waals surface area contributed by atoms with Crippen molar-refractivity contribution in [2.45, 2.75) is 32.5 Å². The Balaban J connectivity index is 1.21. The molecule has 6 aromatic rings. The molecule has 50 heavy (non-hydrogen) atoms. The molecule has 0 radical (unpaired) electrons. The molecule has 3 N–H and O–H groups in total. The van der Waals surface area contributed by atoms with E-state index < -0.39 is 46.5 Å². The van der Waals surface area contributed by atoms with Crippen LogP contribution in [0.3, 0.4) is 0 Å². The fourth-order valence-electron chi connectivity index (χ4n) is 6.60. The number of anilines is 2. The Kier molecular flexibility index (Phi) is 7.75. The Morgan fingerprint density at radius 1 is 0.940 bits per heavy atom. The largest absolute Gasteiger partial charge is 0.506 e. The summed E-state index contributed by atoms with van der Waals surface area (Å²) in [5.41, 5.74) is 2.07. The van der Waals surface area contributed by atoms with E-state index >= 15 is 0 Å². The lowest BCUT2D eigenvalue weighted by molar-refractivity contribution is 0.0510. The second-order valence-electron chi connectivity index (χ2n) is 11.5. The predicted octanol–water partition coefficient (Wildman–Crippen LogP) is 5.26. The third-order valence-corrected chi connectivity index (χ3v) is 10.6. The molecule has 0 fully saturated rings. The van der Waals surface area contributed by atoms with Crippen LogP contribution >= 0.6 is 22.7 Å². The second kappa shape index (κ2) is 12.3. The molecular weight excluding hydrogens is 685 g/mol. The Labute approximate surface area is 290 Å². The van der Waals surface area contributed by atoms with E-state index in [-0.39, 0.29) is 36.3 Å². The van der Waals surface area contributed by atoms with E-state index in [9.17, 15) is 24.3 Å². The lowest BCUT2D eigenvalue weighted by Crippen LogP contribution is -2.37. The average molecular weight is 713 g/mol. The zero-order chi connectivity index (χ0) is 34.7. The summed E-state index contributed by atoms with van der Waals surface area (Å²) < 4.78 is 19.8. The third kappa shape index (κ3) is 4.89. The molecule has 0 bridgehead atoms. The quantitative estimate of drug-likeness (QED) is 0.175. The monoisotopic (exact) mass is 712 g/mol. The highest BCUT2D eigenvalue weighted by molar-refractivity contribution is 7.13. The summed E-state index contributed by atoms with van der Waals surface area (Å²) in [5, 5.41) is 18.7. The minimum absolute atomic E-state index is 0.0201. The molecule has 254 valence electrons. The number of rotatable bonds is 8. The number of aromatic hydroxyl groups is 1. The van der Waals surface area contributed by atoms with Crippen molar-refractivity contribution in [3.05, 3.63) is 95.9 Å². The normalized spacial score (nSPS) is 16.1. The summed E-state index contributed by atoms with van der Waals surface area (Å²) in [7, 11) is 0. The van der Waals surface area contributed by atoms with Gasteiger partial charge in [0.1, 0.15) is 5.75 Å². The van der Waals surface area contributed by atoms with Gasteiger partial charge in [0.05, 0.1) is 64.6 Å². The molecule has 0 aliphatic carbocycles. The summed E-state index contributed by atoms with van der Waals surface area (Å²) in [6, 6.07) is 9.66. The van der Waals surface area contributed by atoms with Gasteiger partial charge < -0.3 is 34.5 Å². The van der Waals surface area contributed by atoms with E-state index in [1.165, 1.54) is 27.2 Å². The van der Waals surface area contributed by atoms with E-state index in [4.69, 9.17) is 14.2 Å². The van der Waals surface area contributed by atoms with Gasteiger partial charge >= 0.3 is 11.9 Å². The Bertz CT molecular complexity index is 2470. The molecule has 2 atom stereocenters. The molecule has 8 rings (SSSR count). The van der Waals surface area contributed by atoms with Crippen molar-refractivity contribution in [1.29, 1.82) is 0 Å². The summed E-state index contributed by atoms with van der Waals surface area (Å²) in [6.07, 6.45) is 3.30. The van der Waals surface area contributed by atoms with Crippen LogP contribution in [0.25, 0.3) is 21.8 Å². The van der Waals surface area contributed by atoms with Crippen LogP contribution in [0.15, 0.2) is 63.9 Å². The lowest BCUT2D eigenvalue weighted by atomic mass is 10.0. The molecule has 2 aromatic carbocycles. The van der Waals surface area contributed by atoms with Gasteiger partial charge in [-0.1, -0.05) is 23.5 Å². The van der Waals surface area contributed by atoms with Gasteiger partial charge in [-0.25, -0.2) is 14.6 Å². The molecule has 4 aromatic heterocycles. The van der Waals surface area contributed by atoms with Gasteiger partial charge in [-0.3, -0.25) is 19.1 Å². The number of hydrogen-bond donors (Lipinski definition) is 3. The van der Waals surface area contributed by atoms with Crippen LogP contribution in [0, 0.1) is 0 Å². The van der Waals surface area contributed by atoms with Crippen molar-refractivity contribution in [1.82, 2.24) is 19.1 Å². The van der Waals surface area contributed by atoms with Crippen molar-refractivity contribution < 1.29 is 28.9 Å². The van der Waals surface area contributed by atoms with Gasteiger partial charge in [0.25, 0.3) is 16.3 Å². The summed E-state index contributed by atoms with van der Waals surface area (Å²) in [4.78, 5) is 64.3. The number of nitrogens with zero attached hydrogens (tertiary/aromatic N) is 4. The number of thiazole rings is 2. The number of hydrogen-bond acceptors (Lipinski definition) is 14. The highest BCUT2D eigenvalue weighted by Crippen LogP contribution is 2.43. The smallest absolute Gasteiger partial charge is 0.347 e. The highest BCUT2D eigenvalue weighted by Gasteiger charge is 2.34. The van der Waals surface area contributed by atoms with Crippen LogP contribution in [0.4, 0.5) is 11.4 Å².